The third-order valence-corrected chi connectivity index (χ3v) is 7.86. The Hall–Kier alpha value is -1.47. The first kappa shape index (κ1) is 15.4. The first-order chi connectivity index (χ1) is 10.1. The molecule has 0 amide bonds. The van der Waals surface area contributed by atoms with E-state index in [1.807, 2.05) is 0 Å². The molecule has 3 rings (SSSR count). The van der Waals surface area contributed by atoms with Crippen molar-refractivity contribution in [2.75, 3.05) is 6.61 Å². The Morgan fingerprint density at radius 3 is 2.64 bits per heavy atom. The number of hydrogen-bond donors (Lipinski definition) is 1. The maximum Gasteiger partial charge on any atom is 0.170 e. The second-order valence-corrected chi connectivity index (χ2v) is 9.01. The average molecular weight is 326 g/mol. The van der Waals surface area contributed by atoms with Gasteiger partial charge < -0.3 is 10.5 Å². The lowest BCUT2D eigenvalue weighted by atomic mass is 9.86. The highest BCUT2D eigenvalue weighted by molar-refractivity contribution is 7.94. The smallest absolute Gasteiger partial charge is 0.170 e. The zero-order valence-electron chi connectivity index (χ0n) is 12.7. The van der Waals surface area contributed by atoms with Crippen molar-refractivity contribution >= 4 is 15.7 Å². The fourth-order valence-electron chi connectivity index (χ4n) is 3.34. The number of amidine groups is 1. The molecule has 1 aromatic rings. The van der Waals surface area contributed by atoms with E-state index in [0.29, 0.717) is 0 Å². The minimum absolute atomic E-state index is 0.00419. The van der Waals surface area contributed by atoms with Crippen molar-refractivity contribution in [3.63, 3.8) is 0 Å². The number of benzene rings is 1. The highest BCUT2D eigenvalue weighted by Crippen LogP contribution is 2.48. The van der Waals surface area contributed by atoms with Crippen LogP contribution in [0.3, 0.4) is 0 Å². The zero-order valence-corrected chi connectivity index (χ0v) is 13.5. The summed E-state index contributed by atoms with van der Waals surface area (Å²) in [5.74, 6) is -0.513. The summed E-state index contributed by atoms with van der Waals surface area (Å²) in [6.07, 6.45) is -0.583. The van der Waals surface area contributed by atoms with Crippen molar-refractivity contribution in [3.05, 3.63) is 35.6 Å². The molecule has 1 saturated heterocycles. The van der Waals surface area contributed by atoms with E-state index in [1.165, 1.54) is 19.9 Å². The Morgan fingerprint density at radius 1 is 1.36 bits per heavy atom. The molecule has 0 radical (unpaired) electrons. The van der Waals surface area contributed by atoms with Gasteiger partial charge in [-0.1, -0.05) is 18.2 Å². The Balaban J connectivity index is 2.35. The number of nitrogens with two attached hydrogens (primary N) is 1. The topological polar surface area (TPSA) is 81.8 Å². The van der Waals surface area contributed by atoms with Crippen molar-refractivity contribution < 1.29 is 17.5 Å². The van der Waals surface area contributed by atoms with Gasteiger partial charge in [0.1, 0.15) is 27.2 Å². The summed E-state index contributed by atoms with van der Waals surface area (Å²) in [6, 6.07) is 6.06. The summed E-state index contributed by atoms with van der Waals surface area (Å²) < 4.78 is 44.8. The van der Waals surface area contributed by atoms with E-state index in [2.05, 4.69) is 4.99 Å². The van der Waals surface area contributed by atoms with Crippen LogP contribution in [0.2, 0.25) is 0 Å². The van der Waals surface area contributed by atoms with Gasteiger partial charge in [-0.15, -0.1) is 0 Å². The molecule has 3 atom stereocenters. The lowest BCUT2D eigenvalue weighted by Gasteiger charge is -2.42. The molecule has 0 spiro atoms. The SMILES string of the molecule is CC1OC[C@]2(c3ccccc3F)N=C(N)C(C)(C)S(=O)(=O)[C@H]12. The van der Waals surface area contributed by atoms with Crippen LogP contribution in [0.4, 0.5) is 4.39 Å². The van der Waals surface area contributed by atoms with Crippen LogP contribution in [0.5, 0.6) is 0 Å². The molecule has 0 bridgehead atoms. The molecule has 120 valence electrons. The summed E-state index contributed by atoms with van der Waals surface area (Å²) in [4.78, 5) is 4.46. The van der Waals surface area contributed by atoms with Crippen LogP contribution >= 0.6 is 0 Å². The molecule has 2 N–H and O–H groups in total. The number of fused-ring (bicyclic) bond motifs is 1. The van der Waals surface area contributed by atoms with E-state index in [1.54, 1.807) is 25.1 Å². The Labute approximate surface area is 129 Å². The van der Waals surface area contributed by atoms with Crippen LogP contribution in [-0.2, 0) is 20.1 Å². The van der Waals surface area contributed by atoms with Gasteiger partial charge in [0.25, 0.3) is 0 Å². The van der Waals surface area contributed by atoms with Crippen molar-refractivity contribution in [2.45, 2.75) is 42.4 Å². The number of hydrogen-bond acceptors (Lipinski definition) is 5. The van der Waals surface area contributed by atoms with Crippen molar-refractivity contribution in [1.82, 2.24) is 0 Å². The molecule has 7 heteroatoms. The van der Waals surface area contributed by atoms with E-state index in [-0.39, 0.29) is 18.0 Å². The second kappa shape index (κ2) is 4.52. The van der Waals surface area contributed by atoms with Crippen LogP contribution in [0.25, 0.3) is 0 Å². The maximum atomic E-state index is 14.3. The Morgan fingerprint density at radius 2 is 2.00 bits per heavy atom. The fraction of sp³-hybridized carbons (Fsp3) is 0.533. The highest BCUT2D eigenvalue weighted by Gasteiger charge is 2.64. The third-order valence-electron chi connectivity index (χ3n) is 4.79. The molecule has 0 aliphatic carbocycles. The fourth-order valence-corrected chi connectivity index (χ4v) is 5.65. The average Bonchev–Trinajstić information content (AvgIpc) is 2.76. The third kappa shape index (κ3) is 1.72. The molecule has 0 aromatic heterocycles. The van der Waals surface area contributed by atoms with Crippen LogP contribution in [-0.4, -0.2) is 37.0 Å². The minimum atomic E-state index is -3.71. The summed E-state index contributed by atoms with van der Waals surface area (Å²) in [6.45, 7) is 4.72. The zero-order chi connectivity index (χ0) is 16.3. The van der Waals surface area contributed by atoms with Gasteiger partial charge in [0.05, 0.1) is 12.7 Å². The first-order valence-electron chi connectivity index (χ1n) is 7.10. The lowest BCUT2D eigenvalue weighted by Crippen LogP contribution is -2.61. The van der Waals surface area contributed by atoms with E-state index in [4.69, 9.17) is 10.5 Å². The molecule has 2 aliphatic rings. The summed E-state index contributed by atoms with van der Waals surface area (Å²) >= 11 is 0. The van der Waals surface area contributed by atoms with Gasteiger partial charge in [-0.3, -0.25) is 4.99 Å². The molecular weight excluding hydrogens is 307 g/mol. The largest absolute Gasteiger partial charge is 0.386 e. The number of nitrogens with zero attached hydrogens (tertiary/aromatic N) is 1. The van der Waals surface area contributed by atoms with E-state index < -0.39 is 37.3 Å². The molecule has 0 saturated carbocycles. The normalized spacial score (nSPS) is 35.7. The minimum Gasteiger partial charge on any atom is -0.386 e. The summed E-state index contributed by atoms with van der Waals surface area (Å²) in [7, 11) is -3.71. The van der Waals surface area contributed by atoms with E-state index in [0.717, 1.165) is 0 Å². The van der Waals surface area contributed by atoms with Crippen LogP contribution in [0, 0.1) is 5.82 Å². The van der Waals surface area contributed by atoms with Crippen molar-refractivity contribution in [3.8, 4) is 0 Å². The van der Waals surface area contributed by atoms with Crippen LogP contribution in [0.15, 0.2) is 29.3 Å². The predicted molar refractivity (Wildman–Crippen MR) is 81.9 cm³/mol. The Kier molecular flexibility index (Phi) is 3.17. The maximum absolute atomic E-state index is 14.3. The van der Waals surface area contributed by atoms with Gasteiger partial charge in [0, 0.05) is 5.56 Å². The van der Waals surface area contributed by atoms with Crippen molar-refractivity contribution in [1.29, 1.82) is 0 Å². The van der Waals surface area contributed by atoms with E-state index in [9.17, 15) is 12.8 Å². The molecule has 1 aromatic carbocycles. The Bertz CT molecular complexity index is 760. The summed E-state index contributed by atoms with van der Waals surface area (Å²) in [5.41, 5.74) is 4.85. The van der Waals surface area contributed by atoms with Gasteiger partial charge in [-0.25, -0.2) is 12.8 Å². The number of aliphatic imine (C=N–C) groups is 1. The van der Waals surface area contributed by atoms with Gasteiger partial charge in [0.2, 0.25) is 0 Å². The van der Waals surface area contributed by atoms with Crippen LogP contribution in [0.1, 0.15) is 26.3 Å². The van der Waals surface area contributed by atoms with Gasteiger partial charge in [-0.05, 0) is 26.8 Å². The van der Waals surface area contributed by atoms with E-state index >= 15 is 0 Å². The highest BCUT2D eigenvalue weighted by atomic mass is 32.2. The van der Waals surface area contributed by atoms with Gasteiger partial charge in [0.15, 0.2) is 9.84 Å². The monoisotopic (exact) mass is 326 g/mol. The lowest BCUT2D eigenvalue weighted by molar-refractivity contribution is 0.117. The molecule has 22 heavy (non-hydrogen) atoms. The number of sulfone groups is 1. The number of halogens is 1. The standard InChI is InChI=1S/C15H19FN2O3S/c1-9-12-15(8-21-9,10-6-4-5-7-11(10)16)18-13(17)14(2,3)22(12,19)20/h4-7,9,12H,8H2,1-3H3,(H2,17,18)/t9?,12-,15-/m1/s1. The van der Waals surface area contributed by atoms with Gasteiger partial charge >= 0.3 is 0 Å². The summed E-state index contributed by atoms with van der Waals surface area (Å²) in [5, 5.41) is -0.959. The molecular formula is C15H19FN2O3S. The molecule has 1 fully saturated rings. The number of ether oxygens (including phenoxy) is 1. The van der Waals surface area contributed by atoms with Crippen molar-refractivity contribution in [2.24, 2.45) is 10.7 Å². The second-order valence-electron chi connectivity index (χ2n) is 6.39. The van der Waals surface area contributed by atoms with Crippen LogP contribution < -0.4 is 5.73 Å². The molecule has 2 aliphatic heterocycles. The first-order valence-corrected chi connectivity index (χ1v) is 8.65. The molecule has 1 unspecified atom stereocenters. The van der Waals surface area contributed by atoms with Gasteiger partial charge in [-0.2, -0.15) is 0 Å². The predicted octanol–water partition coefficient (Wildman–Crippen LogP) is 1.37. The quantitative estimate of drug-likeness (QED) is 0.845. The molecule has 2 heterocycles. The molecule has 5 nitrogen and oxygen atoms in total. The number of rotatable bonds is 1.